The van der Waals surface area contributed by atoms with Gasteiger partial charge >= 0.3 is 12.1 Å². The summed E-state index contributed by atoms with van der Waals surface area (Å²) in [4.78, 5) is 36.9. The smallest absolute Gasteiger partial charge is 0.419 e. The maximum atomic E-state index is 12.9. The van der Waals surface area contributed by atoms with E-state index in [0.29, 0.717) is 29.4 Å². The Labute approximate surface area is 182 Å². The molecule has 1 heterocycles. The number of carboxylic acid groups (broad SMARTS) is 1. The highest BCUT2D eigenvalue weighted by Crippen LogP contribution is 2.27. The number of carboxylic acids is 1. The zero-order valence-electron chi connectivity index (χ0n) is 19.1. The molecule has 0 atom stereocenters. The lowest BCUT2D eigenvalue weighted by Gasteiger charge is -2.27. The first-order chi connectivity index (χ1) is 14.4. The van der Waals surface area contributed by atoms with Crippen molar-refractivity contribution in [2.45, 2.75) is 72.0 Å². The number of anilines is 1. The number of hydrogen-bond acceptors (Lipinski definition) is 5. The number of aromatic carboxylic acids is 1. The van der Waals surface area contributed by atoms with E-state index < -0.39 is 17.7 Å². The Bertz CT molecular complexity index is 966. The number of benzene rings is 1. The first-order valence-electron chi connectivity index (χ1n) is 10.4. The Kier molecular flexibility index (Phi) is 7.49. The van der Waals surface area contributed by atoms with Crippen molar-refractivity contribution < 1.29 is 29.0 Å². The highest BCUT2D eigenvalue weighted by Gasteiger charge is 2.29. The van der Waals surface area contributed by atoms with Gasteiger partial charge in [0.05, 0.1) is 24.1 Å². The summed E-state index contributed by atoms with van der Waals surface area (Å²) < 4.78 is 12.2. The lowest BCUT2D eigenvalue weighted by atomic mass is 10.0. The molecule has 2 rings (SSSR count). The van der Waals surface area contributed by atoms with Crippen LogP contribution in [0.25, 0.3) is 10.9 Å². The first-order valence-corrected chi connectivity index (χ1v) is 10.4. The summed E-state index contributed by atoms with van der Waals surface area (Å²) in [6.45, 7) is 11.6. The molecule has 0 aliphatic heterocycles. The number of fused-ring (bicyclic) bond motifs is 1. The minimum Gasteiger partial charge on any atom is -0.477 e. The predicted molar refractivity (Wildman–Crippen MR) is 119 cm³/mol. The second-order valence-electron chi connectivity index (χ2n) is 8.73. The van der Waals surface area contributed by atoms with Crippen LogP contribution in [-0.2, 0) is 14.3 Å². The number of carbonyl (C=O) groups excluding carboxylic acids is 2. The molecule has 0 radical (unpaired) electrons. The first kappa shape index (κ1) is 24.4. The van der Waals surface area contributed by atoms with Gasteiger partial charge in [-0.1, -0.05) is 19.9 Å². The number of rotatable bonds is 8. The highest BCUT2D eigenvalue weighted by atomic mass is 16.6. The third-order valence-corrected chi connectivity index (χ3v) is 5.18. The van der Waals surface area contributed by atoms with Crippen LogP contribution in [0.15, 0.2) is 24.3 Å². The number of nitrogens with zero attached hydrogens (tertiary/aromatic N) is 1. The molecule has 1 aromatic carbocycles. The van der Waals surface area contributed by atoms with Crippen LogP contribution in [0.3, 0.4) is 0 Å². The van der Waals surface area contributed by atoms with Crippen LogP contribution >= 0.6 is 0 Å². The van der Waals surface area contributed by atoms with Crippen LogP contribution in [0.4, 0.5) is 10.5 Å². The lowest BCUT2D eigenvalue weighted by Crippen LogP contribution is -2.33. The van der Waals surface area contributed by atoms with E-state index in [9.17, 15) is 19.5 Å². The fourth-order valence-electron chi connectivity index (χ4n) is 2.96. The van der Waals surface area contributed by atoms with E-state index in [4.69, 9.17) is 9.47 Å². The fourth-order valence-corrected chi connectivity index (χ4v) is 2.96. The van der Waals surface area contributed by atoms with Gasteiger partial charge in [-0.15, -0.1) is 0 Å². The Morgan fingerprint density at radius 1 is 1.06 bits per heavy atom. The van der Waals surface area contributed by atoms with Crippen molar-refractivity contribution in [3.63, 3.8) is 0 Å². The monoisotopic (exact) mass is 432 g/mol. The lowest BCUT2D eigenvalue weighted by molar-refractivity contribution is -0.118. The standard InChI is InChI=1S/C23H32N2O6/c1-7-23(6,8-2)31-21(29)25-17-14-16(10-9-15(17)13-18(25)20(27)28)24-19(26)11-12-30-22(3,4)5/h9-10,13-14H,7-8,11-12H2,1-6H3,(H,24,26)(H,27,28). The van der Waals surface area contributed by atoms with Gasteiger partial charge in [-0.3, -0.25) is 4.79 Å². The van der Waals surface area contributed by atoms with Crippen molar-refractivity contribution in [3.8, 4) is 0 Å². The van der Waals surface area contributed by atoms with Crippen LogP contribution < -0.4 is 5.32 Å². The Hall–Kier alpha value is -2.87. The molecule has 0 unspecified atom stereocenters. The van der Waals surface area contributed by atoms with Crippen molar-refractivity contribution in [3.05, 3.63) is 30.0 Å². The molecule has 1 amide bonds. The minimum atomic E-state index is -1.24. The van der Waals surface area contributed by atoms with Gasteiger partial charge < -0.3 is 19.9 Å². The van der Waals surface area contributed by atoms with Crippen LogP contribution in [0.2, 0.25) is 0 Å². The van der Waals surface area contributed by atoms with E-state index in [1.165, 1.54) is 6.07 Å². The number of ether oxygens (including phenoxy) is 2. The number of hydrogen-bond donors (Lipinski definition) is 2. The van der Waals surface area contributed by atoms with Crippen LogP contribution in [0.5, 0.6) is 0 Å². The third kappa shape index (κ3) is 6.30. The van der Waals surface area contributed by atoms with E-state index in [2.05, 4.69) is 5.32 Å². The van der Waals surface area contributed by atoms with Crippen molar-refractivity contribution in [1.29, 1.82) is 0 Å². The van der Waals surface area contributed by atoms with Crippen molar-refractivity contribution >= 4 is 34.6 Å². The van der Waals surface area contributed by atoms with Crippen molar-refractivity contribution in [2.24, 2.45) is 0 Å². The molecule has 0 aliphatic carbocycles. The topological polar surface area (TPSA) is 107 Å². The van der Waals surface area contributed by atoms with Crippen LogP contribution in [0, 0.1) is 0 Å². The molecule has 0 saturated heterocycles. The van der Waals surface area contributed by atoms with E-state index in [-0.39, 0.29) is 30.2 Å². The summed E-state index contributed by atoms with van der Waals surface area (Å²) in [5.74, 6) is -1.49. The average molecular weight is 433 g/mol. The number of carbonyl (C=O) groups is 3. The molecule has 0 aliphatic rings. The maximum absolute atomic E-state index is 12.9. The molecule has 2 aromatic rings. The summed E-state index contributed by atoms with van der Waals surface area (Å²) >= 11 is 0. The molecule has 170 valence electrons. The van der Waals surface area contributed by atoms with Gasteiger partial charge in [0.1, 0.15) is 11.3 Å². The summed E-state index contributed by atoms with van der Waals surface area (Å²) in [7, 11) is 0. The Morgan fingerprint density at radius 2 is 1.71 bits per heavy atom. The largest absolute Gasteiger partial charge is 0.477 e. The average Bonchev–Trinajstić information content (AvgIpc) is 3.06. The molecule has 8 nitrogen and oxygen atoms in total. The maximum Gasteiger partial charge on any atom is 0.419 e. The number of nitrogens with one attached hydrogen (secondary N) is 1. The molecule has 8 heteroatoms. The zero-order valence-corrected chi connectivity index (χ0v) is 19.1. The van der Waals surface area contributed by atoms with Gasteiger partial charge in [0.15, 0.2) is 0 Å². The van der Waals surface area contributed by atoms with Gasteiger partial charge in [-0.25, -0.2) is 14.2 Å². The molecular weight excluding hydrogens is 400 g/mol. The van der Waals surface area contributed by atoms with Gasteiger partial charge in [-0.05, 0) is 58.7 Å². The second kappa shape index (κ2) is 9.51. The molecule has 31 heavy (non-hydrogen) atoms. The molecule has 0 bridgehead atoms. The molecule has 2 N–H and O–H groups in total. The minimum absolute atomic E-state index is 0.171. The second-order valence-corrected chi connectivity index (χ2v) is 8.73. The van der Waals surface area contributed by atoms with Crippen molar-refractivity contribution in [2.75, 3.05) is 11.9 Å². The highest BCUT2D eigenvalue weighted by molar-refractivity contribution is 6.02. The fraction of sp³-hybridized carbons (Fsp3) is 0.522. The number of aromatic nitrogens is 1. The van der Waals surface area contributed by atoms with E-state index in [1.54, 1.807) is 18.2 Å². The van der Waals surface area contributed by atoms with E-state index in [1.807, 2.05) is 41.5 Å². The SMILES string of the molecule is CCC(C)(CC)OC(=O)n1c(C(=O)O)cc2ccc(NC(=O)CCOC(C)(C)C)cc21. The molecule has 0 saturated carbocycles. The molecular formula is C23H32N2O6. The van der Waals surface area contributed by atoms with Gasteiger partial charge in [0.25, 0.3) is 0 Å². The third-order valence-electron chi connectivity index (χ3n) is 5.18. The van der Waals surface area contributed by atoms with Crippen LogP contribution in [0.1, 0.15) is 71.3 Å². The van der Waals surface area contributed by atoms with Gasteiger partial charge in [0, 0.05) is 11.1 Å². The zero-order chi connectivity index (χ0) is 23.4. The van der Waals surface area contributed by atoms with Gasteiger partial charge in [0.2, 0.25) is 5.91 Å². The number of amides is 1. The normalized spacial score (nSPS) is 12.1. The Balaban J connectivity index is 2.32. The van der Waals surface area contributed by atoms with E-state index >= 15 is 0 Å². The Morgan fingerprint density at radius 3 is 2.26 bits per heavy atom. The molecule has 1 aromatic heterocycles. The summed E-state index contributed by atoms with van der Waals surface area (Å²) in [5, 5.41) is 12.9. The van der Waals surface area contributed by atoms with E-state index in [0.717, 1.165) is 4.57 Å². The summed E-state index contributed by atoms with van der Waals surface area (Å²) in [5.41, 5.74) is -0.440. The van der Waals surface area contributed by atoms with Gasteiger partial charge in [-0.2, -0.15) is 0 Å². The summed E-state index contributed by atoms with van der Waals surface area (Å²) in [6, 6.07) is 6.30. The molecule has 0 spiro atoms. The summed E-state index contributed by atoms with van der Waals surface area (Å²) in [6.07, 6.45) is 0.592. The van der Waals surface area contributed by atoms with Crippen LogP contribution in [-0.4, -0.2) is 45.5 Å². The predicted octanol–water partition coefficient (Wildman–Crippen LogP) is 5.05. The van der Waals surface area contributed by atoms with Crippen molar-refractivity contribution in [1.82, 2.24) is 4.57 Å². The quantitative estimate of drug-likeness (QED) is 0.605. The molecule has 0 fully saturated rings.